The molecule has 0 fully saturated rings. The van der Waals surface area contributed by atoms with Crippen LogP contribution in [-0.4, -0.2) is 23.9 Å². The summed E-state index contributed by atoms with van der Waals surface area (Å²) in [5, 5.41) is 12.8. The Morgan fingerprint density at radius 2 is 2.00 bits per heavy atom. The van der Waals surface area contributed by atoms with Crippen molar-refractivity contribution in [1.29, 1.82) is 0 Å². The van der Waals surface area contributed by atoms with Crippen LogP contribution in [0.3, 0.4) is 0 Å². The molecule has 0 saturated carbocycles. The van der Waals surface area contributed by atoms with Gasteiger partial charge in [0.15, 0.2) is 0 Å². The van der Waals surface area contributed by atoms with Crippen LogP contribution in [0.5, 0.6) is 5.75 Å². The van der Waals surface area contributed by atoms with E-state index in [1.165, 1.54) is 5.56 Å². The average Bonchev–Trinajstić information content (AvgIpc) is 2.29. The molecule has 0 aliphatic rings. The van der Waals surface area contributed by atoms with Gasteiger partial charge in [0, 0.05) is 6.04 Å². The topological polar surface area (TPSA) is 41.5 Å². The molecule has 1 aromatic carbocycles. The van der Waals surface area contributed by atoms with Crippen molar-refractivity contribution in [2.75, 3.05) is 6.54 Å². The molecule has 3 unspecified atom stereocenters. The lowest BCUT2D eigenvalue weighted by Crippen LogP contribution is -2.25. The zero-order valence-corrected chi connectivity index (χ0v) is 11.1. The Bertz CT molecular complexity index is 339. The van der Waals surface area contributed by atoms with Crippen molar-refractivity contribution >= 4 is 0 Å². The van der Waals surface area contributed by atoms with Crippen LogP contribution in [-0.2, 0) is 0 Å². The van der Waals surface area contributed by atoms with E-state index < -0.39 is 6.10 Å². The summed E-state index contributed by atoms with van der Waals surface area (Å²) in [7, 11) is 0. The minimum atomic E-state index is -0.468. The first-order valence-electron chi connectivity index (χ1n) is 6.22. The van der Waals surface area contributed by atoms with E-state index >= 15 is 0 Å². The first-order valence-corrected chi connectivity index (χ1v) is 6.22. The number of rotatable bonds is 6. The second-order valence-corrected chi connectivity index (χ2v) is 4.42. The molecule has 0 heterocycles. The highest BCUT2D eigenvalue weighted by Gasteiger charge is 2.11. The molecule has 3 nitrogen and oxygen atoms in total. The predicted octanol–water partition coefficient (Wildman–Crippen LogP) is 2.51. The molecule has 3 heteroatoms. The minimum absolute atomic E-state index is 0.195. The van der Waals surface area contributed by atoms with E-state index in [-0.39, 0.29) is 6.10 Å². The quantitative estimate of drug-likeness (QED) is 0.798. The molecule has 1 aromatic rings. The largest absolute Gasteiger partial charge is 0.488 e. The first kappa shape index (κ1) is 14.0. The normalized spacial score (nSPS) is 16.3. The maximum absolute atomic E-state index is 9.41. The van der Waals surface area contributed by atoms with Crippen molar-refractivity contribution in [2.45, 2.75) is 45.9 Å². The van der Waals surface area contributed by atoms with Gasteiger partial charge in [0.1, 0.15) is 11.9 Å². The van der Waals surface area contributed by atoms with Gasteiger partial charge < -0.3 is 15.2 Å². The third-order valence-corrected chi connectivity index (χ3v) is 2.87. The van der Waals surface area contributed by atoms with Gasteiger partial charge in [0.2, 0.25) is 0 Å². The molecular weight excluding hydrogens is 214 g/mol. The number of hydrogen-bond donors (Lipinski definition) is 2. The van der Waals surface area contributed by atoms with Crippen molar-refractivity contribution in [3.8, 4) is 5.75 Å². The minimum Gasteiger partial charge on any atom is -0.488 e. The Hall–Kier alpha value is -1.06. The standard InChI is InChI=1S/C14H23NO2/c1-5-15-10(2)13-7-6-8-14(9-13)17-12(4)11(3)16/h6-12,15-16H,5H2,1-4H3. The first-order chi connectivity index (χ1) is 8.04. The summed E-state index contributed by atoms with van der Waals surface area (Å²) < 4.78 is 5.67. The van der Waals surface area contributed by atoms with Gasteiger partial charge in [-0.15, -0.1) is 0 Å². The highest BCUT2D eigenvalue weighted by molar-refractivity contribution is 5.30. The number of ether oxygens (including phenoxy) is 1. The molecule has 0 bridgehead atoms. The number of aliphatic hydroxyl groups is 1. The fourth-order valence-electron chi connectivity index (χ4n) is 1.59. The number of aliphatic hydroxyl groups excluding tert-OH is 1. The van der Waals surface area contributed by atoms with Gasteiger partial charge in [-0.3, -0.25) is 0 Å². The summed E-state index contributed by atoms with van der Waals surface area (Å²) in [4.78, 5) is 0. The van der Waals surface area contributed by atoms with E-state index in [0.717, 1.165) is 12.3 Å². The SMILES string of the molecule is CCNC(C)c1cccc(OC(C)C(C)O)c1. The van der Waals surface area contributed by atoms with Gasteiger partial charge in [0.25, 0.3) is 0 Å². The molecule has 0 aromatic heterocycles. The van der Waals surface area contributed by atoms with Crippen molar-refractivity contribution in [2.24, 2.45) is 0 Å². The Balaban J connectivity index is 2.72. The lowest BCUT2D eigenvalue weighted by Gasteiger charge is -2.19. The molecule has 96 valence electrons. The molecule has 17 heavy (non-hydrogen) atoms. The molecule has 0 radical (unpaired) electrons. The van der Waals surface area contributed by atoms with E-state index in [2.05, 4.69) is 25.2 Å². The Labute approximate surface area is 104 Å². The third-order valence-electron chi connectivity index (χ3n) is 2.87. The Morgan fingerprint density at radius 3 is 2.59 bits per heavy atom. The fraction of sp³-hybridized carbons (Fsp3) is 0.571. The molecular formula is C14H23NO2. The highest BCUT2D eigenvalue weighted by atomic mass is 16.5. The van der Waals surface area contributed by atoms with Crippen LogP contribution in [0.25, 0.3) is 0 Å². The zero-order chi connectivity index (χ0) is 12.8. The van der Waals surface area contributed by atoms with Crippen molar-refractivity contribution < 1.29 is 9.84 Å². The molecule has 0 saturated heterocycles. The summed E-state index contributed by atoms with van der Waals surface area (Å²) >= 11 is 0. The summed E-state index contributed by atoms with van der Waals surface area (Å²) in [6.45, 7) is 8.75. The van der Waals surface area contributed by atoms with E-state index in [1.807, 2.05) is 25.1 Å². The summed E-state index contributed by atoms with van der Waals surface area (Å²) in [5.41, 5.74) is 1.20. The summed E-state index contributed by atoms with van der Waals surface area (Å²) in [5.74, 6) is 0.806. The van der Waals surface area contributed by atoms with Crippen molar-refractivity contribution in [3.05, 3.63) is 29.8 Å². The van der Waals surface area contributed by atoms with Gasteiger partial charge >= 0.3 is 0 Å². The van der Waals surface area contributed by atoms with Crippen LogP contribution >= 0.6 is 0 Å². The van der Waals surface area contributed by atoms with Crippen LogP contribution in [0.4, 0.5) is 0 Å². The number of benzene rings is 1. The highest BCUT2D eigenvalue weighted by Crippen LogP contribution is 2.20. The lowest BCUT2D eigenvalue weighted by molar-refractivity contribution is 0.0604. The maximum atomic E-state index is 9.41. The van der Waals surface area contributed by atoms with Gasteiger partial charge in [0.05, 0.1) is 6.10 Å². The summed E-state index contributed by atoms with van der Waals surface area (Å²) in [6, 6.07) is 8.30. The van der Waals surface area contributed by atoms with E-state index in [9.17, 15) is 5.11 Å². The van der Waals surface area contributed by atoms with E-state index in [4.69, 9.17) is 4.74 Å². The number of hydrogen-bond acceptors (Lipinski definition) is 3. The van der Waals surface area contributed by atoms with Gasteiger partial charge in [-0.25, -0.2) is 0 Å². The Kier molecular flexibility index (Phi) is 5.45. The molecule has 0 spiro atoms. The van der Waals surface area contributed by atoms with Crippen LogP contribution < -0.4 is 10.1 Å². The van der Waals surface area contributed by atoms with Gasteiger partial charge in [-0.2, -0.15) is 0 Å². The van der Waals surface area contributed by atoms with Crippen molar-refractivity contribution in [3.63, 3.8) is 0 Å². The smallest absolute Gasteiger partial charge is 0.121 e. The van der Waals surface area contributed by atoms with Gasteiger partial charge in [-0.1, -0.05) is 19.1 Å². The molecule has 0 aliphatic heterocycles. The van der Waals surface area contributed by atoms with Crippen LogP contribution in [0.15, 0.2) is 24.3 Å². The Morgan fingerprint density at radius 1 is 1.29 bits per heavy atom. The summed E-state index contributed by atoms with van der Waals surface area (Å²) in [6.07, 6.45) is -0.662. The fourth-order valence-corrected chi connectivity index (χ4v) is 1.59. The average molecular weight is 237 g/mol. The molecule has 1 rings (SSSR count). The zero-order valence-electron chi connectivity index (χ0n) is 11.1. The van der Waals surface area contributed by atoms with Crippen LogP contribution in [0.2, 0.25) is 0 Å². The van der Waals surface area contributed by atoms with Crippen LogP contribution in [0, 0.1) is 0 Å². The third kappa shape index (κ3) is 4.36. The molecule has 2 N–H and O–H groups in total. The molecule has 0 amide bonds. The van der Waals surface area contributed by atoms with Gasteiger partial charge in [-0.05, 0) is 45.0 Å². The van der Waals surface area contributed by atoms with Crippen LogP contribution in [0.1, 0.15) is 39.3 Å². The van der Waals surface area contributed by atoms with E-state index in [0.29, 0.717) is 6.04 Å². The van der Waals surface area contributed by atoms with Crippen molar-refractivity contribution in [1.82, 2.24) is 5.32 Å². The number of nitrogens with one attached hydrogen (secondary N) is 1. The maximum Gasteiger partial charge on any atom is 0.121 e. The lowest BCUT2D eigenvalue weighted by atomic mass is 10.1. The monoisotopic (exact) mass is 237 g/mol. The predicted molar refractivity (Wildman–Crippen MR) is 70.3 cm³/mol. The molecule has 3 atom stereocenters. The molecule has 0 aliphatic carbocycles. The second kappa shape index (κ2) is 6.62. The van der Waals surface area contributed by atoms with E-state index in [1.54, 1.807) is 6.92 Å². The second-order valence-electron chi connectivity index (χ2n) is 4.42.